The van der Waals surface area contributed by atoms with Gasteiger partial charge in [0.05, 0.1) is 6.10 Å². The van der Waals surface area contributed by atoms with Gasteiger partial charge in [0, 0.05) is 13.1 Å². The lowest BCUT2D eigenvalue weighted by atomic mass is 10.2. The standard InChI is InChI=1S/C13H22N2O4/c1-8(16)11(12(17)18)14-13(19)15(6-9-2-3-9)7-10-4-5-10/h8-11,16H,2-7H2,1H3,(H,14,19)(H,17,18). The molecule has 3 N–H and O–H groups in total. The maximum absolute atomic E-state index is 12.1. The molecule has 6 heteroatoms. The van der Waals surface area contributed by atoms with Gasteiger partial charge in [0.2, 0.25) is 0 Å². The number of aliphatic carboxylic acids is 1. The summed E-state index contributed by atoms with van der Waals surface area (Å²) in [5.74, 6) is -0.0696. The van der Waals surface area contributed by atoms with E-state index >= 15 is 0 Å². The lowest BCUT2D eigenvalue weighted by molar-refractivity contribution is -0.141. The van der Waals surface area contributed by atoms with E-state index in [0.717, 1.165) is 25.7 Å². The number of urea groups is 1. The highest BCUT2D eigenvalue weighted by Gasteiger charge is 2.33. The van der Waals surface area contributed by atoms with Crippen LogP contribution in [0.5, 0.6) is 0 Å². The van der Waals surface area contributed by atoms with Crippen molar-refractivity contribution in [3.63, 3.8) is 0 Å². The molecule has 108 valence electrons. The third-order valence-corrected chi connectivity index (χ3v) is 3.67. The average molecular weight is 270 g/mol. The highest BCUT2D eigenvalue weighted by Crippen LogP contribution is 2.33. The summed E-state index contributed by atoms with van der Waals surface area (Å²) in [6, 6.07) is -1.61. The van der Waals surface area contributed by atoms with E-state index in [0.29, 0.717) is 24.9 Å². The largest absolute Gasteiger partial charge is 0.480 e. The first-order valence-corrected chi connectivity index (χ1v) is 6.93. The van der Waals surface area contributed by atoms with Crippen molar-refractivity contribution in [2.24, 2.45) is 11.8 Å². The molecule has 2 atom stereocenters. The van der Waals surface area contributed by atoms with Crippen LogP contribution in [0, 0.1) is 11.8 Å². The molecule has 2 unspecified atom stereocenters. The summed E-state index contributed by atoms with van der Waals surface area (Å²) < 4.78 is 0. The lowest BCUT2D eigenvalue weighted by Gasteiger charge is -2.26. The lowest BCUT2D eigenvalue weighted by Crippen LogP contribution is -2.53. The monoisotopic (exact) mass is 270 g/mol. The van der Waals surface area contributed by atoms with Gasteiger partial charge in [0.15, 0.2) is 6.04 Å². The number of rotatable bonds is 7. The van der Waals surface area contributed by atoms with Gasteiger partial charge in [-0.05, 0) is 44.4 Å². The van der Waals surface area contributed by atoms with Crippen molar-refractivity contribution in [3.8, 4) is 0 Å². The fraction of sp³-hybridized carbons (Fsp3) is 0.846. The number of nitrogens with one attached hydrogen (secondary N) is 1. The molecule has 0 bridgehead atoms. The van der Waals surface area contributed by atoms with Crippen molar-refractivity contribution >= 4 is 12.0 Å². The Morgan fingerprint density at radius 1 is 1.21 bits per heavy atom. The Hall–Kier alpha value is -1.30. The molecule has 2 fully saturated rings. The third kappa shape index (κ3) is 4.38. The van der Waals surface area contributed by atoms with Crippen LogP contribution >= 0.6 is 0 Å². The van der Waals surface area contributed by atoms with Crippen LogP contribution in [0.1, 0.15) is 32.6 Å². The molecule has 0 heterocycles. The van der Waals surface area contributed by atoms with Gasteiger partial charge in [-0.2, -0.15) is 0 Å². The summed E-state index contributed by atoms with van der Waals surface area (Å²) in [5.41, 5.74) is 0. The van der Waals surface area contributed by atoms with Crippen molar-refractivity contribution in [2.45, 2.75) is 44.8 Å². The van der Waals surface area contributed by atoms with Gasteiger partial charge in [0.25, 0.3) is 0 Å². The highest BCUT2D eigenvalue weighted by molar-refractivity contribution is 5.83. The van der Waals surface area contributed by atoms with E-state index < -0.39 is 18.1 Å². The van der Waals surface area contributed by atoms with Crippen LogP contribution in [0.15, 0.2) is 0 Å². The van der Waals surface area contributed by atoms with Crippen LogP contribution in [0.25, 0.3) is 0 Å². The molecule has 0 spiro atoms. The summed E-state index contributed by atoms with van der Waals surface area (Å²) in [5, 5.41) is 20.8. The van der Waals surface area contributed by atoms with E-state index in [1.807, 2.05) is 0 Å². The first kappa shape index (κ1) is 14.1. The fourth-order valence-corrected chi connectivity index (χ4v) is 2.08. The van der Waals surface area contributed by atoms with E-state index in [-0.39, 0.29) is 6.03 Å². The van der Waals surface area contributed by atoms with Crippen molar-refractivity contribution in [3.05, 3.63) is 0 Å². The predicted molar refractivity (Wildman–Crippen MR) is 68.7 cm³/mol. The number of aliphatic hydroxyl groups is 1. The van der Waals surface area contributed by atoms with E-state index in [1.54, 1.807) is 4.90 Å². The molecule has 2 aliphatic carbocycles. The second kappa shape index (κ2) is 5.77. The molecule has 2 amide bonds. The average Bonchev–Trinajstić information content (AvgIpc) is 3.17. The number of hydrogen-bond acceptors (Lipinski definition) is 3. The van der Waals surface area contributed by atoms with Crippen LogP contribution in [-0.4, -0.2) is 52.3 Å². The molecule has 0 saturated heterocycles. The normalized spacial score (nSPS) is 21.6. The van der Waals surface area contributed by atoms with Crippen LogP contribution < -0.4 is 5.32 Å². The molecule has 0 radical (unpaired) electrons. The minimum absolute atomic E-state index is 0.368. The molecular weight excluding hydrogens is 248 g/mol. The smallest absolute Gasteiger partial charge is 0.328 e. The summed E-state index contributed by atoms with van der Waals surface area (Å²) in [6.07, 6.45) is 3.48. The van der Waals surface area contributed by atoms with Gasteiger partial charge in [-0.3, -0.25) is 0 Å². The summed E-state index contributed by atoms with van der Waals surface area (Å²) in [7, 11) is 0. The molecule has 2 saturated carbocycles. The first-order chi connectivity index (χ1) is 8.97. The van der Waals surface area contributed by atoms with Gasteiger partial charge in [-0.15, -0.1) is 0 Å². The Labute approximate surface area is 112 Å². The number of carboxylic acids is 1. The Kier molecular flexibility index (Phi) is 4.29. The van der Waals surface area contributed by atoms with Gasteiger partial charge in [-0.25, -0.2) is 9.59 Å². The zero-order valence-electron chi connectivity index (χ0n) is 11.2. The Balaban J connectivity index is 1.90. The molecular formula is C13H22N2O4. The summed E-state index contributed by atoms with van der Waals surface area (Å²) in [4.78, 5) is 24.8. The number of carbonyl (C=O) groups is 2. The SMILES string of the molecule is CC(O)C(NC(=O)N(CC1CC1)CC1CC1)C(=O)O. The van der Waals surface area contributed by atoms with Crippen LogP contribution in [0.2, 0.25) is 0 Å². The predicted octanol–water partition coefficient (Wildman–Crippen LogP) is 0.652. The molecule has 19 heavy (non-hydrogen) atoms. The van der Waals surface area contributed by atoms with Crippen LogP contribution in [0.4, 0.5) is 4.79 Å². The molecule has 0 aromatic rings. The molecule has 0 aromatic heterocycles. The summed E-state index contributed by atoms with van der Waals surface area (Å²) >= 11 is 0. The second-order valence-electron chi connectivity index (χ2n) is 5.80. The second-order valence-corrected chi connectivity index (χ2v) is 5.80. The van der Waals surface area contributed by atoms with Gasteiger partial charge >= 0.3 is 12.0 Å². The van der Waals surface area contributed by atoms with Gasteiger partial charge in [-0.1, -0.05) is 0 Å². The Morgan fingerprint density at radius 3 is 2.00 bits per heavy atom. The maximum Gasteiger partial charge on any atom is 0.328 e. The first-order valence-electron chi connectivity index (χ1n) is 6.93. The minimum Gasteiger partial charge on any atom is -0.480 e. The van der Waals surface area contributed by atoms with E-state index in [9.17, 15) is 14.7 Å². The molecule has 6 nitrogen and oxygen atoms in total. The minimum atomic E-state index is -1.24. The van der Waals surface area contributed by atoms with Gasteiger partial charge < -0.3 is 20.4 Å². The fourth-order valence-electron chi connectivity index (χ4n) is 2.08. The summed E-state index contributed by atoms with van der Waals surface area (Å²) in [6.45, 7) is 2.77. The maximum atomic E-state index is 12.1. The Bertz CT molecular complexity index is 337. The Morgan fingerprint density at radius 2 is 1.68 bits per heavy atom. The zero-order chi connectivity index (χ0) is 14.0. The number of hydrogen-bond donors (Lipinski definition) is 3. The topological polar surface area (TPSA) is 89.9 Å². The highest BCUT2D eigenvalue weighted by atomic mass is 16.4. The van der Waals surface area contributed by atoms with Crippen molar-refractivity contribution in [1.82, 2.24) is 10.2 Å². The number of carboxylic acid groups (broad SMARTS) is 1. The van der Waals surface area contributed by atoms with Crippen molar-refractivity contribution in [2.75, 3.05) is 13.1 Å². The van der Waals surface area contributed by atoms with Crippen molar-refractivity contribution < 1.29 is 19.8 Å². The van der Waals surface area contributed by atoms with E-state index in [2.05, 4.69) is 5.32 Å². The number of amides is 2. The molecule has 0 aromatic carbocycles. The molecule has 2 rings (SSSR count). The molecule has 0 aliphatic heterocycles. The molecule has 2 aliphatic rings. The van der Waals surface area contributed by atoms with E-state index in [4.69, 9.17) is 5.11 Å². The number of nitrogens with zero attached hydrogens (tertiary/aromatic N) is 1. The van der Waals surface area contributed by atoms with Gasteiger partial charge in [0.1, 0.15) is 0 Å². The number of aliphatic hydroxyl groups excluding tert-OH is 1. The quantitative estimate of drug-likeness (QED) is 0.633. The van der Waals surface area contributed by atoms with E-state index in [1.165, 1.54) is 6.92 Å². The number of carbonyl (C=O) groups excluding carboxylic acids is 1. The van der Waals surface area contributed by atoms with Crippen LogP contribution in [-0.2, 0) is 4.79 Å². The van der Waals surface area contributed by atoms with Crippen LogP contribution in [0.3, 0.4) is 0 Å². The van der Waals surface area contributed by atoms with Crippen molar-refractivity contribution in [1.29, 1.82) is 0 Å². The third-order valence-electron chi connectivity index (χ3n) is 3.67. The zero-order valence-corrected chi connectivity index (χ0v) is 11.2.